The molecular weight excluding hydrogens is 264 g/mol. The highest BCUT2D eigenvalue weighted by Crippen LogP contribution is 2.28. The van der Waals surface area contributed by atoms with Crippen molar-refractivity contribution >= 4 is 6.29 Å². The lowest BCUT2D eigenvalue weighted by Gasteiger charge is -2.11. The first-order valence-electron chi connectivity index (χ1n) is 7.23. The molecular formula is C18H18O3. The third-order valence-electron chi connectivity index (χ3n) is 3.68. The van der Waals surface area contributed by atoms with Crippen LogP contribution in [-0.4, -0.2) is 12.9 Å². The van der Waals surface area contributed by atoms with E-state index in [0.29, 0.717) is 17.9 Å². The summed E-state index contributed by atoms with van der Waals surface area (Å²) in [5, 5.41) is 0. The molecule has 0 aromatic heterocycles. The number of ether oxygens (including phenoxy) is 2. The first kappa shape index (κ1) is 13.8. The quantitative estimate of drug-likeness (QED) is 0.779. The maximum absolute atomic E-state index is 10.7. The van der Waals surface area contributed by atoms with Gasteiger partial charge in [-0.25, -0.2) is 0 Å². The molecule has 0 spiro atoms. The fourth-order valence-corrected chi connectivity index (χ4v) is 2.51. The smallest absolute Gasteiger partial charge is 0.150 e. The summed E-state index contributed by atoms with van der Waals surface area (Å²) in [7, 11) is 0. The summed E-state index contributed by atoms with van der Waals surface area (Å²) >= 11 is 0. The Kier molecular flexibility index (Phi) is 4.31. The molecule has 0 saturated carbocycles. The van der Waals surface area contributed by atoms with Crippen LogP contribution in [0.15, 0.2) is 48.5 Å². The van der Waals surface area contributed by atoms with Crippen molar-refractivity contribution in [1.29, 1.82) is 0 Å². The molecule has 2 aromatic carbocycles. The minimum Gasteiger partial charge on any atom is -0.489 e. The molecule has 0 bridgehead atoms. The van der Waals surface area contributed by atoms with Crippen LogP contribution in [0.3, 0.4) is 0 Å². The molecule has 0 radical (unpaired) electrons. The van der Waals surface area contributed by atoms with Gasteiger partial charge in [0.05, 0.1) is 6.10 Å². The molecule has 0 aliphatic carbocycles. The zero-order chi connectivity index (χ0) is 14.5. The monoisotopic (exact) mass is 282 g/mol. The van der Waals surface area contributed by atoms with Gasteiger partial charge in [-0.2, -0.15) is 0 Å². The highest BCUT2D eigenvalue weighted by atomic mass is 16.5. The van der Waals surface area contributed by atoms with Crippen LogP contribution in [0, 0.1) is 0 Å². The lowest BCUT2D eigenvalue weighted by molar-refractivity contribution is 0.111. The fourth-order valence-electron chi connectivity index (χ4n) is 2.51. The molecule has 1 fully saturated rings. The van der Waals surface area contributed by atoms with E-state index in [1.54, 1.807) is 12.1 Å². The average molecular weight is 282 g/mol. The average Bonchev–Trinajstić information content (AvgIpc) is 3.08. The largest absolute Gasteiger partial charge is 0.489 e. The third kappa shape index (κ3) is 3.50. The van der Waals surface area contributed by atoms with Crippen LogP contribution in [0.4, 0.5) is 0 Å². The van der Waals surface area contributed by atoms with Crippen LogP contribution in [0.2, 0.25) is 0 Å². The topological polar surface area (TPSA) is 35.5 Å². The first-order valence-corrected chi connectivity index (χ1v) is 7.23. The molecule has 3 rings (SSSR count). The Morgan fingerprint density at radius 2 is 2.05 bits per heavy atom. The summed E-state index contributed by atoms with van der Waals surface area (Å²) in [6.45, 7) is 1.36. The van der Waals surface area contributed by atoms with Crippen LogP contribution >= 0.6 is 0 Å². The van der Waals surface area contributed by atoms with Gasteiger partial charge >= 0.3 is 0 Å². The summed E-state index contributed by atoms with van der Waals surface area (Å²) in [4.78, 5) is 10.7. The Morgan fingerprint density at radius 3 is 2.76 bits per heavy atom. The van der Waals surface area contributed by atoms with Crippen molar-refractivity contribution in [2.45, 2.75) is 25.6 Å². The van der Waals surface area contributed by atoms with Crippen molar-refractivity contribution in [1.82, 2.24) is 0 Å². The van der Waals surface area contributed by atoms with E-state index in [0.717, 1.165) is 31.3 Å². The van der Waals surface area contributed by atoms with Gasteiger partial charge in [0.2, 0.25) is 0 Å². The van der Waals surface area contributed by atoms with Gasteiger partial charge < -0.3 is 9.47 Å². The van der Waals surface area contributed by atoms with E-state index < -0.39 is 0 Å². The van der Waals surface area contributed by atoms with E-state index in [4.69, 9.17) is 9.47 Å². The van der Waals surface area contributed by atoms with E-state index in [2.05, 4.69) is 24.3 Å². The van der Waals surface area contributed by atoms with Crippen LogP contribution in [0.5, 0.6) is 5.75 Å². The van der Waals surface area contributed by atoms with Gasteiger partial charge in [0.1, 0.15) is 18.6 Å². The Hall–Kier alpha value is -2.13. The molecule has 1 saturated heterocycles. The molecule has 3 nitrogen and oxygen atoms in total. The van der Waals surface area contributed by atoms with E-state index in [1.165, 1.54) is 5.56 Å². The molecule has 3 heteroatoms. The molecule has 1 atom stereocenters. The Balaban J connectivity index is 1.61. The number of carbonyl (C=O) groups is 1. The van der Waals surface area contributed by atoms with Crippen molar-refractivity contribution < 1.29 is 14.3 Å². The van der Waals surface area contributed by atoms with E-state index in [-0.39, 0.29) is 6.10 Å². The predicted molar refractivity (Wildman–Crippen MR) is 80.5 cm³/mol. The molecule has 1 heterocycles. The molecule has 21 heavy (non-hydrogen) atoms. The Labute approximate surface area is 124 Å². The Morgan fingerprint density at radius 1 is 1.19 bits per heavy atom. The van der Waals surface area contributed by atoms with E-state index >= 15 is 0 Å². The van der Waals surface area contributed by atoms with Crippen LogP contribution in [0.25, 0.3) is 0 Å². The maximum Gasteiger partial charge on any atom is 0.150 e. The number of aldehydes is 1. The second kappa shape index (κ2) is 6.55. The van der Waals surface area contributed by atoms with Crippen molar-refractivity contribution in [3.8, 4) is 5.75 Å². The lowest BCUT2D eigenvalue weighted by Crippen LogP contribution is -1.98. The number of hydrogen-bond donors (Lipinski definition) is 0. The van der Waals surface area contributed by atoms with Gasteiger partial charge in [-0.1, -0.05) is 36.4 Å². The summed E-state index contributed by atoms with van der Waals surface area (Å²) in [5.41, 5.74) is 2.97. The molecule has 0 N–H and O–H groups in total. The molecule has 1 unspecified atom stereocenters. The number of carbonyl (C=O) groups excluding carboxylic acids is 1. The van der Waals surface area contributed by atoms with Crippen molar-refractivity contribution in [3.63, 3.8) is 0 Å². The van der Waals surface area contributed by atoms with Gasteiger partial charge in [0.15, 0.2) is 0 Å². The summed E-state index contributed by atoms with van der Waals surface area (Å²) in [6.07, 6.45) is 3.32. The van der Waals surface area contributed by atoms with E-state index in [9.17, 15) is 4.79 Å². The molecule has 2 aromatic rings. The molecule has 1 aliphatic heterocycles. The van der Waals surface area contributed by atoms with Crippen molar-refractivity contribution in [2.24, 2.45) is 0 Å². The lowest BCUT2D eigenvalue weighted by atomic mass is 10.1. The minimum absolute atomic E-state index is 0.254. The second-order valence-corrected chi connectivity index (χ2v) is 5.22. The number of hydrogen-bond acceptors (Lipinski definition) is 3. The third-order valence-corrected chi connectivity index (χ3v) is 3.68. The highest BCUT2D eigenvalue weighted by molar-refractivity contribution is 5.75. The van der Waals surface area contributed by atoms with E-state index in [1.807, 2.05) is 12.1 Å². The Bertz CT molecular complexity index is 598. The normalized spacial score (nSPS) is 17.6. The van der Waals surface area contributed by atoms with Crippen molar-refractivity contribution in [3.05, 3.63) is 65.2 Å². The maximum atomic E-state index is 10.7. The van der Waals surface area contributed by atoms with Crippen LogP contribution in [-0.2, 0) is 11.3 Å². The summed E-state index contributed by atoms with van der Waals surface area (Å²) < 4.78 is 11.4. The standard InChI is InChI=1S/C18H18O3/c19-12-15-3-1-4-17(11-15)21-13-14-6-8-16(9-7-14)18-5-2-10-20-18/h1,3-4,6-9,11-12,18H,2,5,10,13H2. The van der Waals surface area contributed by atoms with Gasteiger partial charge in [0.25, 0.3) is 0 Å². The zero-order valence-electron chi connectivity index (χ0n) is 11.8. The van der Waals surface area contributed by atoms with Gasteiger partial charge in [-0.3, -0.25) is 4.79 Å². The van der Waals surface area contributed by atoms with Gasteiger partial charge in [-0.05, 0) is 36.1 Å². The molecule has 1 aliphatic rings. The highest BCUT2D eigenvalue weighted by Gasteiger charge is 2.17. The van der Waals surface area contributed by atoms with Crippen LogP contribution < -0.4 is 4.74 Å². The van der Waals surface area contributed by atoms with Gasteiger partial charge in [-0.15, -0.1) is 0 Å². The predicted octanol–water partition coefficient (Wildman–Crippen LogP) is 3.93. The second-order valence-electron chi connectivity index (χ2n) is 5.22. The molecule has 108 valence electrons. The fraction of sp³-hybridized carbons (Fsp3) is 0.278. The number of rotatable bonds is 5. The first-order chi connectivity index (χ1) is 10.3. The summed E-state index contributed by atoms with van der Waals surface area (Å²) in [6, 6.07) is 15.5. The SMILES string of the molecule is O=Cc1cccc(OCc2ccc(C3CCCO3)cc2)c1. The summed E-state index contributed by atoms with van der Waals surface area (Å²) in [5.74, 6) is 0.711. The van der Waals surface area contributed by atoms with Crippen molar-refractivity contribution in [2.75, 3.05) is 6.61 Å². The zero-order valence-corrected chi connectivity index (χ0v) is 11.8. The minimum atomic E-state index is 0.254. The molecule has 0 amide bonds. The van der Waals surface area contributed by atoms with Gasteiger partial charge in [0, 0.05) is 12.2 Å². The number of benzene rings is 2. The van der Waals surface area contributed by atoms with Crippen LogP contribution in [0.1, 0.15) is 40.4 Å².